The van der Waals surface area contributed by atoms with Crippen molar-refractivity contribution >= 4 is 27.4 Å². The van der Waals surface area contributed by atoms with E-state index in [9.17, 15) is 4.39 Å². The zero-order valence-electron chi connectivity index (χ0n) is 9.54. The van der Waals surface area contributed by atoms with E-state index in [0.29, 0.717) is 21.5 Å². The van der Waals surface area contributed by atoms with Crippen LogP contribution in [0.5, 0.6) is 0 Å². The Balaban J connectivity index is 2.37. The van der Waals surface area contributed by atoms with Gasteiger partial charge in [-0.25, -0.2) is 9.37 Å². The van der Waals surface area contributed by atoms with Gasteiger partial charge in [0.2, 0.25) is 0 Å². The van der Waals surface area contributed by atoms with Gasteiger partial charge in [0.15, 0.2) is 0 Å². The molecular formula is C13H9BrFN3. The predicted molar refractivity (Wildman–Crippen MR) is 71.1 cm³/mol. The molecular weight excluding hydrogens is 297 g/mol. The molecule has 0 aliphatic carbocycles. The maximum Gasteiger partial charge on any atom is 0.148 e. The van der Waals surface area contributed by atoms with Crippen molar-refractivity contribution in [3.63, 3.8) is 0 Å². The van der Waals surface area contributed by atoms with E-state index in [1.165, 1.54) is 6.07 Å². The third-order valence-corrected chi connectivity index (χ3v) is 3.10. The molecule has 5 heteroatoms. The number of benzene rings is 1. The zero-order valence-corrected chi connectivity index (χ0v) is 11.1. The monoisotopic (exact) mass is 305 g/mol. The van der Waals surface area contributed by atoms with E-state index in [1.807, 2.05) is 6.92 Å². The average molecular weight is 306 g/mol. The van der Waals surface area contributed by atoms with Gasteiger partial charge in [-0.2, -0.15) is 5.26 Å². The lowest BCUT2D eigenvalue weighted by Gasteiger charge is -2.09. The number of nitriles is 1. The van der Waals surface area contributed by atoms with E-state index in [4.69, 9.17) is 5.26 Å². The minimum atomic E-state index is -0.369. The summed E-state index contributed by atoms with van der Waals surface area (Å²) in [5.74, 6) is 0.0605. The summed E-state index contributed by atoms with van der Waals surface area (Å²) in [4.78, 5) is 4.09. The smallest absolute Gasteiger partial charge is 0.148 e. The fourth-order valence-corrected chi connectivity index (χ4v) is 1.75. The van der Waals surface area contributed by atoms with Crippen LogP contribution in [0, 0.1) is 24.1 Å². The summed E-state index contributed by atoms with van der Waals surface area (Å²) in [5.41, 5.74) is 1.83. The van der Waals surface area contributed by atoms with Gasteiger partial charge < -0.3 is 5.32 Å². The first-order valence-corrected chi connectivity index (χ1v) is 5.99. The predicted octanol–water partition coefficient (Wildman–Crippen LogP) is 3.91. The van der Waals surface area contributed by atoms with E-state index >= 15 is 0 Å². The number of rotatable bonds is 2. The number of anilines is 2. The van der Waals surface area contributed by atoms with Crippen LogP contribution in [-0.4, -0.2) is 4.98 Å². The number of pyridine rings is 1. The Morgan fingerprint density at radius 2 is 2.17 bits per heavy atom. The second-order valence-electron chi connectivity index (χ2n) is 3.72. The fourth-order valence-electron chi connectivity index (χ4n) is 1.50. The van der Waals surface area contributed by atoms with Crippen molar-refractivity contribution in [2.75, 3.05) is 5.32 Å². The molecule has 2 rings (SSSR count). The van der Waals surface area contributed by atoms with Gasteiger partial charge in [0.1, 0.15) is 17.7 Å². The Bertz CT molecular complexity index is 635. The lowest BCUT2D eigenvalue weighted by atomic mass is 10.1. The van der Waals surface area contributed by atoms with Gasteiger partial charge in [0.05, 0.1) is 10.0 Å². The molecule has 0 saturated carbocycles. The van der Waals surface area contributed by atoms with Crippen LogP contribution in [0.4, 0.5) is 15.9 Å². The summed E-state index contributed by atoms with van der Waals surface area (Å²) in [6, 6.07) is 8.48. The van der Waals surface area contributed by atoms with E-state index in [-0.39, 0.29) is 5.82 Å². The van der Waals surface area contributed by atoms with Crippen LogP contribution in [0.3, 0.4) is 0 Å². The SMILES string of the molecule is Cc1ccnc(Nc2ccc(Br)c(F)c2)c1C#N. The van der Waals surface area contributed by atoms with Crippen LogP contribution >= 0.6 is 15.9 Å². The topological polar surface area (TPSA) is 48.7 Å². The molecule has 0 fully saturated rings. The zero-order chi connectivity index (χ0) is 13.1. The van der Waals surface area contributed by atoms with Crippen molar-refractivity contribution in [3.05, 3.63) is 51.9 Å². The number of halogens is 2. The molecule has 1 aromatic carbocycles. The van der Waals surface area contributed by atoms with Crippen LogP contribution in [0.2, 0.25) is 0 Å². The van der Waals surface area contributed by atoms with Crippen molar-refractivity contribution in [3.8, 4) is 6.07 Å². The van der Waals surface area contributed by atoms with Crippen LogP contribution in [0.25, 0.3) is 0 Å². The quantitative estimate of drug-likeness (QED) is 0.915. The fraction of sp³-hybridized carbons (Fsp3) is 0.0769. The van der Waals surface area contributed by atoms with Gasteiger partial charge in [-0.15, -0.1) is 0 Å². The van der Waals surface area contributed by atoms with Crippen molar-refractivity contribution in [2.45, 2.75) is 6.92 Å². The third-order valence-electron chi connectivity index (χ3n) is 2.45. The summed E-state index contributed by atoms with van der Waals surface area (Å²) < 4.78 is 13.8. The number of aromatic nitrogens is 1. The minimum absolute atomic E-state index is 0.369. The molecule has 1 aromatic heterocycles. The minimum Gasteiger partial charge on any atom is -0.339 e. The number of hydrogen-bond donors (Lipinski definition) is 1. The Morgan fingerprint density at radius 1 is 1.39 bits per heavy atom. The molecule has 90 valence electrons. The van der Waals surface area contributed by atoms with Crippen molar-refractivity contribution in [1.29, 1.82) is 5.26 Å². The third kappa shape index (κ3) is 2.49. The molecule has 0 bridgehead atoms. The van der Waals surface area contributed by atoms with E-state index in [1.54, 1.807) is 24.4 Å². The van der Waals surface area contributed by atoms with Crippen LogP contribution in [-0.2, 0) is 0 Å². The summed E-state index contributed by atoms with van der Waals surface area (Å²) in [5, 5.41) is 12.0. The summed E-state index contributed by atoms with van der Waals surface area (Å²) in [6.45, 7) is 1.83. The Labute approximate surface area is 112 Å². The molecule has 0 atom stereocenters. The molecule has 3 nitrogen and oxygen atoms in total. The second kappa shape index (κ2) is 5.15. The van der Waals surface area contributed by atoms with E-state index < -0.39 is 0 Å². The molecule has 0 spiro atoms. The van der Waals surface area contributed by atoms with Gasteiger partial charge in [0.25, 0.3) is 0 Å². The Hall–Kier alpha value is -1.93. The summed E-state index contributed by atoms with van der Waals surface area (Å²) >= 11 is 3.08. The highest BCUT2D eigenvalue weighted by Gasteiger charge is 2.07. The molecule has 0 radical (unpaired) electrons. The molecule has 0 unspecified atom stereocenters. The van der Waals surface area contributed by atoms with Crippen molar-refractivity contribution < 1.29 is 4.39 Å². The normalized spacial score (nSPS) is 9.89. The Morgan fingerprint density at radius 3 is 2.83 bits per heavy atom. The second-order valence-corrected chi connectivity index (χ2v) is 4.57. The van der Waals surface area contributed by atoms with Crippen molar-refractivity contribution in [2.24, 2.45) is 0 Å². The highest BCUT2D eigenvalue weighted by atomic mass is 79.9. The average Bonchev–Trinajstić information content (AvgIpc) is 2.34. The Kier molecular flexibility index (Phi) is 3.58. The molecule has 0 saturated heterocycles. The first-order chi connectivity index (χ1) is 8.61. The number of aryl methyl sites for hydroxylation is 1. The van der Waals surface area contributed by atoms with Gasteiger partial charge in [-0.1, -0.05) is 0 Å². The highest BCUT2D eigenvalue weighted by Crippen LogP contribution is 2.24. The van der Waals surface area contributed by atoms with Crippen LogP contribution in [0.15, 0.2) is 34.9 Å². The number of hydrogen-bond acceptors (Lipinski definition) is 3. The lowest BCUT2D eigenvalue weighted by molar-refractivity contribution is 0.622. The van der Waals surface area contributed by atoms with E-state index in [0.717, 1.165) is 5.56 Å². The molecule has 0 amide bonds. The number of nitrogens with zero attached hydrogens (tertiary/aromatic N) is 2. The maximum absolute atomic E-state index is 13.4. The molecule has 18 heavy (non-hydrogen) atoms. The first kappa shape index (κ1) is 12.5. The van der Waals surface area contributed by atoms with Gasteiger partial charge in [-0.05, 0) is 52.7 Å². The standard InChI is InChI=1S/C13H9BrFN3/c1-8-4-5-17-13(10(8)7-16)18-9-2-3-11(14)12(15)6-9/h2-6H,1H3,(H,17,18). The molecule has 1 N–H and O–H groups in total. The molecule has 2 aromatic rings. The number of nitrogens with one attached hydrogen (secondary N) is 1. The molecule has 0 aliphatic heterocycles. The van der Waals surface area contributed by atoms with Crippen molar-refractivity contribution in [1.82, 2.24) is 4.98 Å². The van der Waals surface area contributed by atoms with Gasteiger partial charge in [0, 0.05) is 11.9 Å². The summed E-state index contributed by atoms with van der Waals surface area (Å²) in [6.07, 6.45) is 1.60. The van der Waals surface area contributed by atoms with E-state index in [2.05, 4.69) is 32.3 Å². The summed E-state index contributed by atoms with van der Waals surface area (Å²) in [7, 11) is 0. The van der Waals surface area contributed by atoms with Gasteiger partial charge >= 0.3 is 0 Å². The van der Waals surface area contributed by atoms with Gasteiger partial charge in [-0.3, -0.25) is 0 Å². The van der Waals surface area contributed by atoms with Crippen LogP contribution < -0.4 is 5.32 Å². The lowest BCUT2D eigenvalue weighted by Crippen LogP contribution is -1.99. The molecule has 1 heterocycles. The van der Waals surface area contributed by atoms with Crippen LogP contribution in [0.1, 0.15) is 11.1 Å². The highest BCUT2D eigenvalue weighted by molar-refractivity contribution is 9.10. The molecule has 0 aliphatic rings. The first-order valence-electron chi connectivity index (χ1n) is 5.19. The maximum atomic E-state index is 13.4. The largest absolute Gasteiger partial charge is 0.339 e.